The number of aliphatic hydroxyl groups is 1. The molecule has 1 unspecified atom stereocenters. The van der Waals surface area contributed by atoms with E-state index in [1.165, 1.54) is 6.07 Å². The van der Waals surface area contributed by atoms with Crippen LogP contribution in [0, 0.1) is 5.82 Å². The van der Waals surface area contributed by atoms with Gasteiger partial charge in [0.25, 0.3) is 0 Å². The molecule has 0 bridgehead atoms. The van der Waals surface area contributed by atoms with Gasteiger partial charge in [0.05, 0.1) is 6.10 Å². The van der Waals surface area contributed by atoms with Crippen molar-refractivity contribution in [2.24, 2.45) is 0 Å². The van der Waals surface area contributed by atoms with Crippen molar-refractivity contribution in [3.05, 3.63) is 63.9 Å². The number of halogens is 2. The zero-order chi connectivity index (χ0) is 13.8. The Labute approximate surface area is 120 Å². The minimum absolute atomic E-state index is 0.128. The van der Waals surface area contributed by atoms with E-state index in [4.69, 9.17) is 4.74 Å². The van der Waals surface area contributed by atoms with E-state index in [1.54, 1.807) is 31.2 Å². The Morgan fingerprint density at radius 2 is 2.00 bits per heavy atom. The molecule has 0 amide bonds. The molecular weight excluding hydrogens is 311 g/mol. The molecule has 100 valence electrons. The molecule has 0 saturated carbocycles. The van der Waals surface area contributed by atoms with Crippen LogP contribution in [0.15, 0.2) is 46.9 Å². The molecule has 0 heterocycles. The number of hydrogen-bond acceptors (Lipinski definition) is 2. The number of hydrogen-bond donors (Lipinski definition) is 1. The first-order valence-electron chi connectivity index (χ1n) is 5.91. The van der Waals surface area contributed by atoms with Gasteiger partial charge in [0.1, 0.15) is 18.2 Å². The highest BCUT2D eigenvalue weighted by atomic mass is 79.9. The van der Waals surface area contributed by atoms with Gasteiger partial charge < -0.3 is 9.84 Å². The summed E-state index contributed by atoms with van der Waals surface area (Å²) in [6, 6.07) is 12.0. The quantitative estimate of drug-likeness (QED) is 0.912. The standard InChI is InChI=1S/C15H14BrFO2/c1-10(18)13-4-2-3-5-15(13)19-9-11-6-7-12(16)8-14(11)17/h2-8,10,18H,9H2,1H3. The molecule has 0 spiro atoms. The maximum absolute atomic E-state index is 13.7. The van der Waals surface area contributed by atoms with Crippen molar-refractivity contribution in [1.82, 2.24) is 0 Å². The third-order valence-electron chi connectivity index (χ3n) is 2.77. The van der Waals surface area contributed by atoms with Crippen molar-refractivity contribution in [2.75, 3.05) is 0 Å². The van der Waals surface area contributed by atoms with Crippen LogP contribution in [0.25, 0.3) is 0 Å². The molecule has 0 radical (unpaired) electrons. The molecule has 0 fully saturated rings. The lowest BCUT2D eigenvalue weighted by atomic mass is 10.1. The van der Waals surface area contributed by atoms with E-state index in [0.29, 0.717) is 21.3 Å². The summed E-state index contributed by atoms with van der Waals surface area (Å²) in [6.45, 7) is 1.80. The summed E-state index contributed by atoms with van der Waals surface area (Å²) in [5.74, 6) is 0.253. The summed E-state index contributed by atoms with van der Waals surface area (Å²) < 4.78 is 19.9. The predicted octanol–water partition coefficient (Wildman–Crippen LogP) is 4.22. The SMILES string of the molecule is CC(O)c1ccccc1OCc1ccc(Br)cc1F. The van der Waals surface area contributed by atoms with Crippen molar-refractivity contribution in [2.45, 2.75) is 19.6 Å². The number of para-hydroxylation sites is 1. The van der Waals surface area contributed by atoms with E-state index >= 15 is 0 Å². The van der Waals surface area contributed by atoms with Crippen LogP contribution in [0.1, 0.15) is 24.2 Å². The van der Waals surface area contributed by atoms with Crippen LogP contribution < -0.4 is 4.74 Å². The van der Waals surface area contributed by atoms with Crippen LogP contribution in [-0.2, 0) is 6.61 Å². The van der Waals surface area contributed by atoms with Crippen LogP contribution in [0.5, 0.6) is 5.75 Å². The van der Waals surface area contributed by atoms with Crippen LogP contribution in [0.4, 0.5) is 4.39 Å². The fourth-order valence-electron chi connectivity index (χ4n) is 1.75. The minimum Gasteiger partial charge on any atom is -0.488 e. The van der Waals surface area contributed by atoms with Crippen molar-refractivity contribution < 1.29 is 14.2 Å². The van der Waals surface area contributed by atoms with Crippen molar-refractivity contribution in [3.63, 3.8) is 0 Å². The molecule has 0 aliphatic rings. The molecule has 2 rings (SSSR count). The molecule has 0 saturated heterocycles. The van der Waals surface area contributed by atoms with Crippen LogP contribution in [0.3, 0.4) is 0 Å². The van der Waals surface area contributed by atoms with E-state index in [1.807, 2.05) is 12.1 Å². The first-order chi connectivity index (χ1) is 9.08. The lowest BCUT2D eigenvalue weighted by Gasteiger charge is -2.13. The highest BCUT2D eigenvalue weighted by molar-refractivity contribution is 9.10. The number of aliphatic hydroxyl groups excluding tert-OH is 1. The summed E-state index contributed by atoms with van der Waals surface area (Å²) >= 11 is 3.21. The summed E-state index contributed by atoms with van der Waals surface area (Å²) in [5, 5.41) is 9.63. The Balaban J connectivity index is 2.14. The predicted molar refractivity (Wildman–Crippen MR) is 75.5 cm³/mol. The van der Waals surface area contributed by atoms with Crippen LogP contribution in [0.2, 0.25) is 0 Å². The second-order valence-corrected chi connectivity index (χ2v) is 5.15. The Morgan fingerprint density at radius 1 is 1.26 bits per heavy atom. The molecule has 0 aliphatic heterocycles. The van der Waals surface area contributed by atoms with E-state index < -0.39 is 6.10 Å². The zero-order valence-corrected chi connectivity index (χ0v) is 12.0. The Hall–Kier alpha value is -1.39. The van der Waals surface area contributed by atoms with E-state index in [-0.39, 0.29) is 12.4 Å². The molecule has 2 aromatic rings. The van der Waals surface area contributed by atoms with E-state index in [2.05, 4.69) is 15.9 Å². The highest BCUT2D eigenvalue weighted by Gasteiger charge is 2.09. The summed E-state index contributed by atoms with van der Waals surface area (Å²) in [7, 11) is 0. The maximum Gasteiger partial charge on any atom is 0.130 e. The first-order valence-corrected chi connectivity index (χ1v) is 6.71. The van der Waals surface area contributed by atoms with Gasteiger partial charge in [-0.05, 0) is 25.1 Å². The van der Waals surface area contributed by atoms with Crippen molar-refractivity contribution in [3.8, 4) is 5.75 Å². The third-order valence-corrected chi connectivity index (χ3v) is 3.26. The highest BCUT2D eigenvalue weighted by Crippen LogP contribution is 2.26. The fraction of sp³-hybridized carbons (Fsp3) is 0.200. The molecule has 1 atom stereocenters. The molecule has 19 heavy (non-hydrogen) atoms. The first kappa shape index (κ1) is 14.0. The normalized spacial score (nSPS) is 12.2. The number of ether oxygens (including phenoxy) is 1. The fourth-order valence-corrected chi connectivity index (χ4v) is 2.08. The molecule has 2 aromatic carbocycles. The van der Waals surface area contributed by atoms with Gasteiger partial charge in [0.2, 0.25) is 0 Å². The van der Waals surface area contributed by atoms with Gasteiger partial charge in [-0.15, -0.1) is 0 Å². The summed E-state index contributed by atoms with van der Waals surface area (Å²) in [4.78, 5) is 0. The Kier molecular flexibility index (Phi) is 4.56. The molecule has 1 N–H and O–H groups in total. The van der Waals surface area contributed by atoms with Gasteiger partial charge in [-0.25, -0.2) is 4.39 Å². The number of benzene rings is 2. The van der Waals surface area contributed by atoms with Crippen LogP contribution >= 0.6 is 15.9 Å². The lowest BCUT2D eigenvalue weighted by molar-refractivity contribution is 0.190. The van der Waals surface area contributed by atoms with E-state index in [9.17, 15) is 9.50 Å². The van der Waals surface area contributed by atoms with Gasteiger partial charge in [-0.2, -0.15) is 0 Å². The largest absolute Gasteiger partial charge is 0.488 e. The monoisotopic (exact) mass is 324 g/mol. The summed E-state index contributed by atoms with van der Waals surface area (Å²) in [6.07, 6.45) is -0.619. The van der Waals surface area contributed by atoms with Gasteiger partial charge >= 0.3 is 0 Å². The molecule has 4 heteroatoms. The Bertz CT molecular complexity index is 570. The maximum atomic E-state index is 13.7. The number of rotatable bonds is 4. The van der Waals surface area contributed by atoms with Crippen molar-refractivity contribution in [1.29, 1.82) is 0 Å². The second-order valence-electron chi connectivity index (χ2n) is 4.24. The Morgan fingerprint density at radius 3 is 2.68 bits per heavy atom. The minimum atomic E-state index is -0.619. The van der Waals surface area contributed by atoms with Gasteiger partial charge in [0, 0.05) is 15.6 Å². The molecular formula is C15H14BrFO2. The van der Waals surface area contributed by atoms with Crippen molar-refractivity contribution >= 4 is 15.9 Å². The molecule has 2 nitrogen and oxygen atoms in total. The molecule has 0 aliphatic carbocycles. The average molecular weight is 325 g/mol. The lowest BCUT2D eigenvalue weighted by Crippen LogP contribution is -2.02. The van der Waals surface area contributed by atoms with Gasteiger partial charge in [0.15, 0.2) is 0 Å². The average Bonchev–Trinajstić information content (AvgIpc) is 2.38. The topological polar surface area (TPSA) is 29.5 Å². The van der Waals surface area contributed by atoms with Gasteiger partial charge in [-0.1, -0.05) is 40.2 Å². The third kappa shape index (κ3) is 3.55. The van der Waals surface area contributed by atoms with Crippen LogP contribution in [-0.4, -0.2) is 5.11 Å². The second kappa shape index (κ2) is 6.17. The molecule has 0 aromatic heterocycles. The zero-order valence-electron chi connectivity index (χ0n) is 10.4. The van der Waals surface area contributed by atoms with Gasteiger partial charge in [-0.3, -0.25) is 0 Å². The summed E-state index contributed by atoms with van der Waals surface area (Å²) in [5.41, 5.74) is 1.17. The van der Waals surface area contributed by atoms with E-state index in [0.717, 1.165) is 0 Å². The smallest absolute Gasteiger partial charge is 0.130 e.